The van der Waals surface area contributed by atoms with Crippen LogP contribution in [0.15, 0.2) is 67.3 Å². The van der Waals surface area contributed by atoms with Crippen LogP contribution in [0.25, 0.3) is 5.69 Å². The van der Waals surface area contributed by atoms with Gasteiger partial charge in [-0.25, -0.2) is 14.3 Å². The van der Waals surface area contributed by atoms with Gasteiger partial charge in [0.2, 0.25) is 0 Å². The van der Waals surface area contributed by atoms with Crippen molar-refractivity contribution in [3.8, 4) is 5.69 Å². The first-order valence-electron chi connectivity index (χ1n) is 12.6. The van der Waals surface area contributed by atoms with Gasteiger partial charge in [-0.05, 0) is 59.5 Å². The second-order valence-electron chi connectivity index (χ2n) is 9.53. The zero-order valence-electron chi connectivity index (χ0n) is 19.9. The Balaban J connectivity index is 1.35. The predicted molar refractivity (Wildman–Crippen MR) is 132 cm³/mol. The number of tetrazole rings is 1. The Morgan fingerprint density at radius 3 is 2.63 bits per heavy atom. The molecular formula is C26H31N9. The molecule has 2 fully saturated rings. The number of aromatic nitrogens is 7. The molecule has 6 rings (SSSR count). The third kappa shape index (κ3) is 4.74. The predicted octanol–water partition coefficient (Wildman–Crippen LogP) is 2.95. The number of hydrogen-bond acceptors (Lipinski definition) is 7. The molecule has 0 bridgehead atoms. The van der Waals surface area contributed by atoms with Gasteiger partial charge in [0.05, 0.1) is 18.3 Å². The minimum Gasteiger partial charge on any atom is -0.299 e. The molecule has 9 heteroatoms. The van der Waals surface area contributed by atoms with E-state index in [1.165, 1.54) is 36.9 Å². The van der Waals surface area contributed by atoms with Crippen LogP contribution in [0.4, 0.5) is 0 Å². The van der Waals surface area contributed by atoms with Gasteiger partial charge in [-0.1, -0.05) is 48.9 Å². The molecule has 1 unspecified atom stereocenters. The first kappa shape index (κ1) is 22.1. The molecule has 2 aromatic carbocycles. The molecule has 1 aliphatic heterocycles. The molecule has 2 aliphatic rings. The largest absolute Gasteiger partial charge is 0.299 e. The van der Waals surface area contributed by atoms with Crippen LogP contribution in [0.5, 0.6) is 0 Å². The zero-order chi connectivity index (χ0) is 23.5. The molecule has 1 saturated carbocycles. The summed E-state index contributed by atoms with van der Waals surface area (Å²) in [6.07, 6.45) is 8.51. The smallest absolute Gasteiger partial charge is 0.173 e. The van der Waals surface area contributed by atoms with E-state index < -0.39 is 0 Å². The van der Waals surface area contributed by atoms with E-state index in [4.69, 9.17) is 0 Å². The summed E-state index contributed by atoms with van der Waals surface area (Å²) in [5.41, 5.74) is 3.33. The van der Waals surface area contributed by atoms with Crippen LogP contribution in [0.2, 0.25) is 0 Å². The average molecular weight is 470 g/mol. The molecule has 4 aromatic rings. The van der Waals surface area contributed by atoms with Crippen LogP contribution < -0.4 is 0 Å². The van der Waals surface area contributed by atoms with Crippen molar-refractivity contribution in [3.63, 3.8) is 0 Å². The molecule has 0 N–H and O–H groups in total. The molecule has 1 atom stereocenters. The summed E-state index contributed by atoms with van der Waals surface area (Å²) in [7, 11) is 0. The van der Waals surface area contributed by atoms with Crippen molar-refractivity contribution in [2.75, 3.05) is 26.2 Å². The molecule has 0 spiro atoms. The van der Waals surface area contributed by atoms with Crippen molar-refractivity contribution in [2.45, 2.75) is 44.3 Å². The molecule has 2 aromatic heterocycles. The summed E-state index contributed by atoms with van der Waals surface area (Å²) in [6.45, 7) is 4.91. The monoisotopic (exact) mass is 469 g/mol. The lowest BCUT2D eigenvalue weighted by Crippen LogP contribution is -2.42. The highest BCUT2D eigenvalue weighted by Gasteiger charge is 2.32. The standard InChI is InChI=1S/C26H31N9/c1-2-7-21(8-3-1)18-34-26(29-30-31-34)25(22-9-4-12-24(17-22)35-20-27-19-28-35)33-14-6-13-32(15-16-33)23-10-5-11-23/h1-4,7-9,12,17,19-20,23,25H,5-6,10-11,13-16,18H2. The first-order valence-corrected chi connectivity index (χ1v) is 12.6. The van der Waals surface area contributed by atoms with E-state index in [2.05, 4.69) is 83.9 Å². The lowest BCUT2D eigenvalue weighted by atomic mass is 9.91. The van der Waals surface area contributed by atoms with E-state index in [-0.39, 0.29) is 6.04 Å². The maximum atomic E-state index is 4.58. The fourth-order valence-corrected chi connectivity index (χ4v) is 5.31. The van der Waals surface area contributed by atoms with Gasteiger partial charge in [-0.15, -0.1) is 5.10 Å². The van der Waals surface area contributed by atoms with Crippen LogP contribution in [-0.4, -0.2) is 77.0 Å². The van der Waals surface area contributed by atoms with E-state index in [0.717, 1.165) is 43.6 Å². The van der Waals surface area contributed by atoms with Crippen molar-refractivity contribution in [1.82, 2.24) is 44.8 Å². The minimum atomic E-state index is -0.0430. The van der Waals surface area contributed by atoms with E-state index in [1.807, 2.05) is 10.7 Å². The second-order valence-corrected chi connectivity index (χ2v) is 9.53. The Kier molecular flexibility index (Phi) is 6.34. The van der Waals surface area contributed by atoms with Crippen molar-refractivity contribution in [1.29, 1.82) is 0 Å². The van der Waals surface area contributed by atoms with E-state index in [9.17, 15) is 0 Å². The van der Waals surface area contributed by atoms with Gasteiger partial charge in [0.25, 0.3) is 0 Å². The first-order chi connectivity index (χ1) is 17.3. The molecule has 0 radical (unpaired) electrons. The quantitative estimate of drug-likeness (QED) is 0.412. The fraction of sp³-hybridized carbons (Fsp3) is 0.423. The maximum Gasteiger partial charge on any atom is 0.173 e. The third-order valence-electron chi connectivity index (χ3n) is 7.37. The number of nitrogens with zero attached hydrogens (tertiary/aromatic N) is 9. The van der Waals surface area contributed by atoms with Gasteiger partial charge >= 0.3 is 0 Å². The SMILES string of the molecule is c1ccc(Cn2nnnc2C(c2cccc(-n3cncn3)c2)N2CCCN(C3CCC3)CC2)cc1. The summed E-state index contributed by atoms with van der Waals surface area (Å²) < 4.78 is 3.75. The topological polar surface area (TPSA) is 80.8 Å². The molecule has 1 saturated heterocycles. The fourth-order valence-electron chi connectivity index (χ4n) is 5.31. The van der Waals surface area contributed by atoms with E-state index >= 15 is 0 Å². The van der Waals surface area contributed by atoms with Crippen molar-refractivity contribution in [3.05, 3.63) is 84.2 Å². The Hall–Kier alpha value is -3.43. The summed E-state index contributed by atoms with van der Waals surface area (Å²) in [5.74, 6) is 0.877. The summed E-state index contributed by atoms with van der Waals surface area (Å²) >= 11 is 0. The van der Waals surface area contributed by atoms with Crippen LogP contribution in [0.3, 0.4) is 0 Å². The molecule has 3 heterocycles. The lowest BCUT2D eigenvalue weighted by Gasteiger charge is -2.37. The molecule has 35 heavy (non-hydrogen) atoms. The number of hydrogen-bond donors (Lipinski definition) is 0. The van der Waals surface area contributed by atoms with E-state index in [1.54, 1.807) is 17.3 Å². The highest BCUT2D eigenvalue weighted by Crippen LogP contribution is 2.31. The van der Waals surface area contributed by atoms with Gasteiger partial charge in [-0.2, -0.15) is 5.10 Å². The summed E-state index contributed by atoms with van der Waals surface area (Å²) in [4.78, 5) is 9.38. The summed E-state index contributed by atoms with van der Waals surface area (Å²) in [5, 5.41) is 17.4. The van der Waals surface area contributed by atoms with Crippen molar-refractivity contribution >= 4 is 0 Å². The molecule has 9 nitrogen and oxygen atoms in total. The third-order valence-corrected chi connectivity index (χ3v) is 7.37. The van der Waals surface area contributed by atoms with Crippen molar-refractivity contribution in [2.24, 2.45) is 0 Å². The Morgan fingerprint density at radius 2 is 1.83 bits per heavy atom. The molecule has 180 valence electrons. The van der Waals surface area contributed by atoms with Crippen LogP contribution in [-0.2, 0) is 6.54 Å². The van der Waals surface area contributed by atoms with Gasteiger partial charge in [0.1, 0.15) is 12.7 Å². The van der Waals surface area contributed by atoms with Gasteiger partial charge in [-0.3, -0.25) is 9.80 Å². The maximum absolute atomic E-state index is 4.58. The Bertz CT molecular complexity index is 1220. The lowest BCUT2D eigenvalue weighted by molar-refractivity contribution is 0.127. The number of rotatable bonds is 7. The van der Waals surface area contributed by atoms with Gasteiger partial charge in [0, 0.05) is 25.7 Å². The average Bonchev–Trinajstić information content (AvgIpc) is 3.50. The normalized spacial score (nSPS) is 18.7. The number of benzene rings is 2. The highest BCUT2D eigenvalue weighted by atomic mass is 15.6. The zero-order valence-corrected chi connectivity index (χ0v) is 19.9. The molecule has 1 aliphatic carbocycles. The Labute approximate surface area is 205 Å². The van der Waals surface area contributed by atoms with Crippen molar-refractivity contribution < 1.29 is 0 Å². The van der Waals surface area contributed by atoms with Gasteiger partial charge < -0.3 is 0 Å². The van der Waals surface area contributed by atoms with Crippen LogP contribution in [0.1, 0.15) is 48.7 Å². The van der Waals surface area contributed by atoms with Crippen LogP contribution in [0, 0.1) is 0 Å². The minimum absolute atomic E-state index is 0.0430. The second kappa shape index (κ2) is 10.1. The Morgan fingerprint density at radius 1 is 0.914 bits per heavy atom. The van der Waals surface area contributed by atoms with E-state index in [0.29, 0.717) is 6.54 Å². The van der Waals surface area contributed by atoms with Crippen LogP contribution >= 0.6 is 0 Å². The van der Waals surface area contributed by atoms with Gasteiger partial charge in [0.15, 0.2) is 5.82 Å². The molecule has 0 amide bonds. The summed E-state index contributed by atoms with van der Waals surface area (Å²) in [6, 6.07) is 19.6. The highest BCUT2D eigenvalue weighted by molar-refractivity contribution is 5.38. The molecular weight excluding hydrogens is 438 g/mol.